The van der Waals surface area contributed by atoms with Gasteiger partial charge >= 0.3 is 0 Å². The first-order valence-electron chi connectivity index (χ1n) is 6.26. The number of amidine groups is 1. The predicted molar refractivity (Wildman–Crippen MR) is 72.8 cm³/mol. The van der Waals surface area contributed by atoms with Crippen molar-refractivity contribution in [1.29, 1.82) is 5.41 Å². The molecule has 0 bridgehead atoms. The van der Waals surface area contributed by atoms with E-state index in [1.807, 2.05) is 24.3 Å². The number of morpholine rings is 1. The van der Waals surface area contributed by atoms with Crippen LogP contribution in [0.5, 0.6) is 0 Å². The Balaban J connectivity index is 2.12. The highest BCUT2D eigenvalue weighted by atomic mass is 16.5. The minimum absolute atomic E-state index is 0.0938. The van der Waals surface area contributed by atoms with Gasteiger partial charge in [-0.2, -0.15) is 0 Å². The fourth-order valence-electron chi connectivity index (χ4n) is 2.41. The van der Waals surface area contributed by atoms with Gasteiger partial charge in [0.05, 0.1) is 12.2 Å². The van der Waals surface area contributed by atoms with Crippen molar-refractivity contribution in [2.24, 2.45) is 5.73 Å². The second kappa shape index (κ2) is 5.08. The van der Waals surface area contributed by atoms with E-state index in [2.05, 4.69) is 18.7 Å². The second-order valence-electron chi connectivity index (χ2n) is 5.39. The van der Waals surface area contributed by atoms with Crippen LogP contribution in [-0.2, 0) is 11.3 Å². The van der Waals surface area contributed by atoms with Gasteiger partial charge < -0.3 is 10.5 Å². The number of ether oxygens (including phenoxy) is 1. The predicted octanol–water partition coefficient (Wildman–Crippen LogP) is 1.58. The molecule has 0 spiro atoms. The minimum atomic E-state index is -0.0938. The van der Waals surface area contributed by atoms with Gasteiger partial charge in [0.2, 0.25) is 0 Å². The molecule has 1 saturated heterocycles. The molecular weight excluding hydrogens is 226 g/mol. The van der Waals surface area contributed by atoms with Gasteiger partial charge in [-0.15, -0.1) is 0 Å². The van der Waals surface area contributed by atoms with Crippen LogP contribution < -0.4 is 5.73 Å². The molecule has 4 nitrogen and oxygen atoms in total. The molecule has 1 aliphatic rings. The molecule has 98 valence electrons. The van der Waals surface area contributed by atoms with E-state index in [0.717, 1.165) is 37.4 Å². The van der Waals surface area contributed by atoms with E-state index < -0.39 is 0 Å². The summed E-state index contributed by atoms with van der Waals surface area (Å²) in [4.78, 5) is 2.35. The number of nitrogen functional groups attached to an aromatic ring is 1. The fourth-order valence-corrected chi connectivity index (χ4v) is 2.41. The van der Waals surface area contributed by atoms with Gasteiger partial charge in [0, 0.05) is 25.2 Å². The van der Waals surface area contributed by atoms with Crippen LogP contribution in [0.3, 0.4) is 0 Å². The van der Waals surface area contributed by atoms with E-state index in [0.29, 0.717) is 0 Å². The Morgan fingerprint density at radius 2 is 2.17 bits per heavy atom. The number of benzene rings is 1. The van der Waals surface area contributed by atoms with E-state index in [1.54, 1.807) is 0 Å². The van der Waals surface area contributed by atoms with Crippen molar-refractivity contribution in [2.75, 3.05) is 19.7 Å². The van der Waals surface area contributed by atoms with E-state index >= 15 is 0 Å². The van der Waals surface area contributed by atoms with Crippen LogP contribution in [0.2, 0.25) is 0 Å². The third-order valence-corrected chi connectivity index (χ3v) is 3.21. The molecule has 3 N–H and O–H groups in total. The number of hydrogen-bond acceptors (Lipinski definition) is 3. The summed E-state index contributed by atoms with van der Waals surface area (Å²) in [6, 6.07) is 7.86. The Kier molecular flexibility index (Phi) is 3.68. The Morgan fingerprint density at radius 1 is 1.44 bits per heavy atom. The quantitative estimate of drug-likeness (QED) is 0.629. The maximum absolute atomic E-state index is 7.61. The topological polar surface area (TPSA) is 62.3 Å². The first kappa shape index (κ1) is 13.1. The maximum atomic E-state index is 7.61. The summed E-state index contributed by atoms with van der Waals surface area (Å²) in [5, 5.41) is 7.61. The third kappa shape index (κ3) is 3.09. The number of hydrogen-bond donors (Lipinski definition) is 2. The van der Waals surface area contributed by atoms with Crippen molar-refractivity contribution >= 4 is 5.84 Å². The highest BCUT2D eigenvalue weighted by Crippen LogP contribution is 2.19. The fraction of sp³-hybridized carbons (Fsp3) is 0.500. The molecule has 18 heavy (non-hydrogen) atoms. The van der Waals surface area contributed by atoms with E-state index in [1.165, 1.54) is 0 Å². The summed E-state index contributed by atoms with van der Waals surface area (Å²) in [6.07, 6.45) is 0. The highest BCUT2D eigenvalue weighted by Gasteiger charge is 2.27. The Hall–Kier alpha value is -1.39. The molecule has 0 atom stereocenters. The van der Waals surface area contributed by atoms with E-state index in [9.17, 15) is 0 Å². The number of nitrogens with two attached hydrogens (primary N) is 1. The van der Waals surface area contributed by atoms with Gasteiger partial charge in [-0.1, -0.05) is 24.3 Å². The van der Waals surface area contributed by atoms with Crippen LogP contribution in [0, 0.1) is 5.41 Å². The van der Waals surface area contributed by atoms with E-state index in [-0.39, 0.29) is 11.4 Å². The number of nitrogens with one attached hydrogen (secondary N) is 1. The number of nitrogens with zero attached hydrogens (tertiary/aromatic N) is 1. The van der Waals surface area contributed by atoms with Crippen LogP contribution in [0.4, 0.5) is 0 Å². The van der Waals surface area contributed by atoms with Crippen LogP contribution in [-0.4, -0.2) is 36.0 Å². The summed E-state index contributed by atoms with van der Waals surface area (Å²) >= 11 is 0. The number of rotatable bonds is 3. The molecule has 0 radical (unpaired) electrons. The lowest BCUT2D eigenvalue weighted by Crippen LogP contribution is -2.47. The van der Waals surface area contributed by atoms with Crippen LogP contribution in [0.25, 0.3) is 0 Å². The maximum Gasteiger partial charge on any atom is 0.123 e. The molecule has 1 fully saturated rings. The first-order chi connectivity index (χ1) is 8.48. The molecule has 4 heteroatoms. The van der Waals surface area contributed by atoms with Crippen molar-refractivity contribution in [3.05, 3.63) is 35.4 Å². The lowest BCUT2D eigenvalue weighted by molar-refractivity contribution is -0.0882. The molecule has 0 unspecified atom stereocenters. The molecule has 1 aromatic carbocycles. The standard InChI is InChI=1S/C14H21N3O/c1-14(2)10-17(7-8-18-14)9-11-5-3-4-6-12(11)13(15)16/h3-6H,7-10H2,1-2H3,(H3,15,16). The van der Waals surface area contributed by atoms with Crippen molar-refractivity contribution in [2.45, 2.75) is 26.0 Å². The SMILES string of the molecule is CC1(C)CN(Cc2ccccc2C(=N)N)CCO1. The molecular formula is C14H21N3O. The summed E-state index contributed by atoms with van der Waals surface area (Å²) in [6.45, 7) is 7.62. The van der Waals surface area contributed by atoms with Gasteiger partial charge in [-0.3, -0.25) is 10.3 Å². The van der Waals surface area contributed by atoms with Gasteiger partial charge in [0.1, 0.15) is 5.84 Å². The van der Waals surface area contributed by atoms with Crippen molar-refractivity contribution in [3.63, 3.8) is 0 Å². The van der Waals surface area contributed by atoms with Crippen molar-refractivity contribution in [1.82, 2.24) is 4.90 Å². The van der Waals surface area contributed by atoms with Crippen LogP contribution in [0.15, 0.2) is 24.3 Å². The molecule has 1 heterocycles. The summed E-state index contributed by atoms with van der Waals surface area (Å²) in [5.74, 6) is 0.137. The van der Waals surface area contributed by atoms with Gasteiger partial charge in [-0.25, -0.2) is 0 Å². The lowest BCUT2D eigenvalue weighted by atomic mass is 10.0. The molecule has 0 aromatic heterocycles. The average molecular weight is 247 g/mol. The van der Waals surface area contributed by atoms with Crippen molar-refractivity contribution in [3.8, 4) is 0 Å². The molecule has 0 saturated carbocycles. The van der Waals surface area contributed by atoms with Gasteiger partial charge in [0.15, 0.2) is 0 Å². The normalized spacial score (nSPS) is 19.7. The summed E-state index contributed by atoms with van der Waals surface area (Å²) in [7, 11) is 0. The van der Waals surface area contributed by atoms with Crippen LogP contribution >= 0.6 is 0 Å². The summed E-state index contributed by atoms with van der Waals surface area (Å²) < 4.78 is 5.70. The Bertz CT molecular complexity index is 442. The molecule has 1 aliphatic heterocycles. The molecule has 2 rings (SSSR count). The smallest absolute Gasteiger partial charge is 0.123 e. The lowest BCUT2D eigenvalue weighted by Gasteiger charge is -2.38. The molecule has 0 aliphatic carbocycles. The third-order valence-electron chi connectivity index (χ3n) is 3.21. The first-order valence-corrected chi connectivity index (χ1v) is 6.26. The zero-order valence-electron chi connectivity index (χ0n) is 11.1. The Labute approximate surface area is 108 Å². The highest BCUT2D eigenvalue weighted by molar-refractivity contribution is 5.96. The zero-order valence-corrected chi connectivity index (χ0v) is 11.1. The van der Waals surface area contributed by atoms with Gasteiger partial charge in [0.25, 0.3) is 0 Å². The molecule has 0 amide bonds. The van der Waals surface area contributed by atoms with E-state index in [4.69, 9.17) is 15.9 Å². The van der Waals surface area contributed by atoms with Crippen LogP contribution in [0.1, 0.15) is 25.0 Å². The minimum Gasteiger partial charge on any atom is -0.384 e. The zero-order chi connectivity index (χ0) is 13.2. The van der Waals surface area contributed by atoms with Gasteiger partial charge in [-0.05, 0) is 19.4 Å². The molecule has 1 aromatic rings. The largest absolute Gasteiger partial charge is 0.384 e. The Morgan fingerprint density at radius 3 is 2.83 bits per heavy atom. The second-order valence-corrected chi connectivity index (χ2v) is 5.39. The monoisotopic (exact) mass is 247 g/mol. The summed E-state index contributed by atoms with van der Waals surface area (Å²) in [5.41, 5.74) is 7.47. The average Bonchev–Trinajstić information content (AvgIpc) is 2.28. The van der Waals surface area contributed by atoms with Crippen molar-refractivity contribution < 1.29 is 4.74 Å².